The molecule has 2 aliphatic rings. The quantitative estimate of drug-likeness (QED) is 0.650. The van der Waals surface area contributed by atoms with Crippen molar-refractivity contribution in [3.05, 3.63) is 0 Å². The Labute approximate surface area is 107 Å². The van der Waals surface area contributed by atoms with Crippen molar-refractivity contribution in [2.75, 3.05) is 45.8 Å². The molecule has 3 N–H and O–H groups in total. The van der Waals surface area contributed by atoms with Crippen LogP contribution in [-0.2, 0) is 9.59 Å². The molecule has 0 aromatic heterocycles. The first-order valence-corrected chi connectivity index (χ1v) is 6.49. The van der Waals surface area contributed by atoms with Crippen molar-refractivity contribution in [3.8, 4) is 0 Å². The number of carbonyl (C=O) groups is 2. The highest BCUT2D eigenvalue weighted by molar-refractivity contribution is 5.86. The van der Waals surface area contributed by atoms with Crippen LogP contribution >= 0.6 is 0 Å². The lowest BCUT2D eigenvalue weighted by Gasteiger charge is -2.29. The van der Waals surface area contributed by atoms with Gasteiger partial charge in [0.2, 0.25) is 11.8 Å². The smallest absolute Gasteiger partial charge is 0.239 e. The number of hydrogen-bond acceptors (Lipinski definition) is 4. The Morgan fingerprint density at radius 1 is 1.50 bits per heavy atom. The minimum atomic E-state index is -0.0668. The minimum Gasteiger partial charge on any atom is -0.353 e. The van der Waals surface area contributed by atoms with Crippen molar-refractivity contribution in [3.63, 3.8) is 0 Å². The van der Waals surface area contributed by atoms with Gasteiger partial charge in [-0.2, -0.15) is 0 Å². The number of amides is 2. The Morgan fingerprint density at radius 3 is 2.89 bits per heavy atom. The summed E-state index contributed by atoms with van der Waals surface area (Å²) in [5.74, 6) is -0.0195. The SMILES string of the molecule is CC1(CN)CCN(CC(=O)N2CCNC(=O)C2)C1. The third kappa shape index (κ3) is 3.00. The number of carbonyl (C=O) groups excluding carboxylic acids is 2. The molecule has 1 atom stereocenters. The molecule has 2 rings (SSSR count). The van der Waals surface area contributed by atoms with Crippen LogP contribution in [0.3, 0.4) is 0 Å². The van der Waals surface area contributed by atoms with Gasteiger partial charge in [0.05, 0.1) is 13.1 Å². The van der Waals surface area contributed by atoms with Crippen LogP contribution in [0.5, 0.6) is 0 Å². The Balaban J connectivity index is 1.83. The largest absolute Gasteiger partial charge is 0.353 e. The van der Waals surface area contributed by atoms with Crippen molar-refractivity contribution >= 4 is 11.8 Å². The third-order valence-corrected chi connectivity index (χ3v) is 3.88. The van der Waals surface area contributed by atoms with Crippen molar-refractivity contribution in [1.29, 1.82) is 0 Å². The molecule has 2 amide bonds. The van der Waals surface area contributed by atoms with Crippen LogP contribution in [0.4, 0.5) is 0 Å². The summed E-state index contributed by atoms with van der Waals surface area (Å²) in [7, 11) is 0. The predicted octanol–water partition coefficient (Wildman–Crippen LogP) is -1.38. The molecule has 2 heterocycles. The van der Waals surface area contributed by atoms with Gasteiger partial charge in [0.25, 0.3) is 0 Å². The molecular formula is C12H22N4O2. The number of nitrogens with zero attached hydrogens (tertiary/aromatic N) is 2. The van der Waals surface area contributed by atoms with E-state index in [0.29, 0.717) is 26.2 Å². The fourth-order valence-electron chi connectivity index (χ4n) is 2.57. The standard InChI is InChI=1S/C12H22N4O2/c1-12(8-13)2-4-15(9-12)7-11(18)16-5-3-14-10(17)6-16/h2-9,13H2,1H3,(H,14,17). The average molecular weight is 254 g/mol. The normalized spacial score (nSPS) is 29.4. The molecule has 2 aliphatic heterocycles. The molecule has 0 aliphatic carbocycles. The summed E-state index contributed by atoms with van der Waals surface area (Å²) in [5, 5.41) is 2.72. The highest BCUT2D eigenvalue weighted by Gasteiger charge is 2.34. The predicted molar refractivity (Wildman–Crippen MR) is 67.8 cm³/mol. The highest BCUT2D eigenvalue weighted by atomic mass is 16.2. The maximum atomic E-state index is 12.1. The van der Waals surface area contributed by atoms with Crippen LogP contribution in [0, 0.1) is 5.41 Å². The van der Waals surface area contributed by atoms with E-state index in [1.54, 1.807) is 4.90 Å². The van der Waals surface area contributed by atoms with E-state index in [2.05, 4.69) is 17.1 Å². The number of nitrogens with one attached hydrogen (secondary N) is 1. The van der Waals surface area contributed by atoms with Gasteiger partial charge in [-0.05, 0) is 24.9 Å². The summed E-state index contributed by atoms with van der Waals surface area (Å²) in [6.07, 6.45) is 1.04. The van der Waals surface area contributed by atoms with Gasteiger partial charge in [0.1, 0.15) is 0 Å². The summed E-state index contributed by atoms with van der Waals surface area (Å²) in [4.78, 5) is 27.1. The molecule has 2 saturated heterocycles. The zero-order valence-corrected chi connectivity index (χ0v) is 10.9. The van der Waals surface area contributed by atoms with E-state index in [4.69, 9.17) is 5.73 Å². The lowest BCUT2D eigenvalue weighted by Crippen LogP contribution is -2.52. The molecule has 1 unspecified atom stereocenters. The molecule has 2 fully saturated rings. The average Bonchev–Trinajstić information content (AvgIpc) is 2.72. The summed E-state index contributed by atoms with van der Waals surface area (Å²) in [5.41, 5.74) is 5.89. The Kier molecular flexibility index (Phi) is 3.87. The van der Waals surface area contributed by atoms with Crippen molar-refractivity contribution in [1.82, 2.24) is 15.1 Å². The summed E-state index contributed by atoms with van der Waals surface area (Å²) in [6, 6.07) is 0. The Bertz CT molecular complexity index is 347. The number of rotatable bonds is 3. The monoisotopic (exact) mass is 254 g/mol. The van der Waals surface area contributed by atoms with E-state index in [0.717, 1.165) is 19.5 Å². The molecular weight excluding hydrogens is 232 g/mol. The molecule has 0 bridgehead atoms. The van der Waals surface area contributed by atoms with Gasteiger partial charge in [-0.3, -0.25) is 14.5 Å². The van der Waals surface area contributed by atoms with Crippen LogP contribution < -0.4 is 11.1 Å². The van der Waals surface area contributed by atoms with Crippen LogP contribution in [0.25, 0.3) is 0 Å². The van der Waals surface area contributed by atoms with Gasteiger partial charge < -0.3 is 16.0 Å². The molecule has 102 valence electrons. The molecule has 0 saturated carbocycles. The molecule has 6 nitrogen and oxygen atoms in total. The summed E-state index contributed by atoms with van der Waals surface area (Å²) >= 11 is 0. The first-order chi connectivity index (χ1) is 8.52. The molecule has 18 heavy (non-hydrogen) atoms. The number of hydrogen-bond donors (Lipinski definition) is 2. The van der Waals surface area contributed by atoms with Crippen LogP contribution in [0.1, 0.15) is 13.3 Å². The first-order valence-electron chi connectivity index (χ1n) is 6.49. The molecule has 0 spiro atoms. The zero-order chi connectivity index (χ0) is 13.2. The third-order valence-electron chi connectivity index (χ3n) is 3.88. The topological polar surface area (TPSA) is 78.7 Å². The molecule has 0 radical (unpaired) electrons. The van der Waals surface area contributed by atoms with Crippen molar-refractivity contribution < 1.29 is 9.59 Å². The second kappa shape index (κ2) is 5.24. The maximum absolute atomic E-state index is 12.1. The summed E-state index contributed by atoms with van der Waals surface area (Å²) < 4.78 is 0. The van der Waals surface area contributed by atoms with Gasteiger partial charge in [0.15, 0.2) is 0 Å². The van der Waals surface area contributed by atoms with E-state index < -0.39 is 0 Å². The van der Waals surface area contributed by atoms with Gasteiger partial charge in [-0.25, -0.2) is 0 Å². The molecule has 0 aromatic rings. The van der Waals surface area contributed by atoms with E-state index in [1.807, 2.05) is 0 Å². The number of likely N-dealkylation sites (tertiary alicyclic amines) is 1. The van der Waals surface area contributed by atoms with Gasteiger partial charge in [-0.1, -0.05) is 6.92 Å². The number of piperazine rings is 1. The van der Waals surface area contributed by atoms with Crippen LogP contribution in [0.2, 0.25) is 0 Å². The molecule has 6 heteroatoms. The van der Waals surface area contributed by atoms with Gasteiger partial charge in [-0.15, -0.1) is 0 Å². The number of nitrogens with two attached hydrogens (primary N) is 1. The molecule has 0 aromatic carbocycles. The van der Waals surface area contributed by atoms with Gasteiger partial charge in [0, 0.05) is 19.6 Å². The Morgan fingerprint density at radius 2 is 2.28 bits per heavy atom. The van der Waals surface area contributed by atoms with E-state index in [9.17, 15) is 9.59 Å². The van der Waals surface area contributed by atoms with Gasteiger partial charge >= 0.3 is 0 Å². The second-order valence-electron chi connectivity index (χ2n) is 5.64. The fourth-order valence-corrected chi connectivity index (χ4v) is 2.57. The Hall–Kier alpha value is -1.14. The fraction of sp³-hybridized carbons (Fsp3) is 0.833. The van der Waals surface area contributed by atoms with E-state index in [1.165, 1.54) is 0 Å². The summed E-state index contributed by atoms with van der Waals surface area (Å²) in [6.45, 7) is 6.38. The van der Waals surface area contributed by atoms with E-state index in [-0.39, 0.29) is 23.8 Å². The lowest BCUT2D eigenvalue weighted by molar-refractivity contribution is -0.138. The van der Waals surface area contributed by atoms with Crippen LogP contribution in [-0.4, -0.2) is 67.4 Å². The van der Waals surface area contributed by atoms with Crippen LogP contribution in [0.15, 0.2) is 0 Å². The maximum Gasteiger partial charge on any atom is 0.239 e. The first kappa shape index (κ1) is 13.3. The zero-order valence-electron chi connectivity index (χ0n) is 10.9. The lowest BCUT2D eigenvalue weighted by atomic mass is 9.90. The van der Waals surface area contributed by atoms with Crippen molar-refractivity contribution in [2.24, 2.45) is 11.1 Å². The highest BCUT2D eigenvalue weighted by Crippen LogP contribution is 2.28. The minimum absolute atomic E-state index is 0.0473. The van der Waals surface area contributed by atoms with Crippen molar-refractivity contribution in [2.45, 2.75) is 13.3 Å². The second-order valence-corrected chi connectivity index (χ2v) is 5.64. The van der Waals surface area contributed by atoms with E-state index >= 15 is 0 Å².